The first kappa shape index (κ1) is 15.1. The molecule has 2 rings (SSSR count). The van der Waals surface area contributed by atoms with Gasteiger partial charge in [0.25, 0.3) is 0 Å². The van der Waals surface area contributed by atoms with E-state index < -0.39 is 0 Å². The van der Waals surface area contributed by atoms with Crippen molar-refractivity contribution < 1.29 is 14.3 Å². The number of fused-ring (bicyclic) bond motifs is 1. The predicted octanol–water partition coefficient (Wildman–Crippen LogP) is 0.723. The van der Waals surface area contributed by atoms with Crippen LogP contribution in [-0.2, 0) is 9.53 Å². The molecule has 1 saturated carbocycles. The van der Waals surface area contributed by atoms with Gasteiger partial charge in [-0.25, -0.2) is 4.79 Å². The van der Waals surface area contributed by atoms with Crippen LogP contribution in [0.3, 0.4) is 0 Å². The van der Waals surface area contributed by atoms with E-state index in [0.29, 0.717) is 32.8 Å². The molecule has 1 heterocycles. The minimum Gasteiger partial charge on any atom is -0.380 e. The van der Waals surface area contributed by atoms with E-state index in [1.807, 2.05) is 11.8 Å². The van der Waals surface area contributed by atoms with E-state index >= 15 is 0 Å². The second kappa shape index (κ2) is 7.47. The predicted molar refractivity (Wildman–Crippen MR) is 75.4 cm³/mol. The second-order valence-corrected chi connectivity index (χ2v) is 5.39. The molecule has 6 nitrogen and oxygen atoms in total. The number of ether oxygens (including phenoxy) is 1. The fourth-order valence-corrected chi connectivity index (χ4v) is 3.11. The van der Waals surface area contributed by atoms with E-state index in [0.717, 1.165) is 25.7 Å². The van der Waals surface area contributed by atoms with Gasteiger partial charge in [-0.05, 0) is 26.2 Å². The van der Waals surface area contributed by atoms with Crippen LogP contribution >= 0.6 is 0 Å². The molecule has 0 aromatic rings. The number of amides is 3. The third-order valence-electron chi connectivity index (χ3n) is 4.04. The van der Waals surface area contributed by atoms with Crippen LogP contribution in [0.1, 0.15) is 32.6 Å². The Kier molecular flexibility index (Phi) is 5.64. The van der Waals surface area contributed by atoms with E-state index in [4.69, 9.17) is 4.74 Å². The summed E-state index contributed by atoms with van der Waals surface area (Å²) in [4.78, 5) is 26.3. The third kappa shape index (κ3) is 3.62. The Labute approximate surface area is 120 Å². The van der Waals surface area contributed by atoms with Gasteiger partial charge in [0.05, 0.1) is 12.5 Å². The summed E-state index contributed by atoms with van der Waals surface area (Å²) < 4.78 is 5.45. The number of nitrogens with one attached hydrogen (secondary N) is 2. The van der Waals surface area contributed by atoms with Gasteiger partial charge >= 0.3 is 6.03 Å². The molecule has 2 N–H and O–H groups in total. The second-order valence-electron chi connectivity index (χ2n) is 5.39. The molecule has 0 aromatic carbocycles. The number of carbonyl (C=O) groups excluding carboxylic acids is 2. The van der Waals surface area contributed by atoms with Crippen LogP contribution in [0.15, 0.2) is 0 Å². The van der Waals surface area contributed by atoms with E-state index in [1.165, 1.54) is 0 Å². The first-order valence-corrected chi connectivity index (χ1v) is 7.64. The maximum Gasteiger partial charge on any atom is 0.317 e. The number of nitrogens with zero attached hydrogens (tertiary/aromatic N) is 1. The van der Waals surface area contributed by atoms with Gasteiger partial charge in [-0.2, -0.15) is 0 Å². The molecular formula is C14H25N3O3. The molecule has 6 heteroatoms. The van der Waals surface area contributed by atoms with E-state index in [1.54, 1.807) is 0 Å². The van der Waals surface area contributed by atoms with Crippen molar-refractivity contribution in [2.45, 2.75) is 38.6 Å². The standard InChI is InChI=1S/C14H25N3O3/c1-2-15-14(19)17-8-4-9-20-10-7-16-13(18)11-5-3-6-12(11)17/h11-12H,2-10H2,1H3,(H,15,19)(H,16,18)/t11-,12+/m1/s1. The van der Waals surface area contributed by atoms with Crippen LogP contribution in [0, 0.1) is 5.92 Å². The average Bonchev–Trinajstić information content (AvgIpc) is 2.89. The van der Waals surface area contributed by atoms with Crippen LogP contribution in [0.5, 0.6) is 0 Å². The molecular weight excluding hydrogens is 258 g/mol. The summed E-state index contributed by atoms with van der Waals surface area (Å²) in [6.07, 6.45) is 3.60. The van der Waals surface area contributed by atoms with E-state index in [-0.39, 0.29) is 23.9 Å². The largest absolute Gasteiger partial charge is 0.380 e. The first-order valence-electron chi connectivity index (χ1n) is 7.64. The van der Waals surface area contributed by atoms with Crippen LogP contribution < -0.4 is 10.6 Å². The van der Waals surface area contributed by atoms with Crippen molar-refractivity contribution in [3.05, 3.63) is 0 Å². The molecule has 2 aliphatic rings. The van der Waals surface area contributed by atoms with E-state index in [9.17, 15) is 9.59 Å². The van der Waals surface area contributed by atoms with Crippen molar-refractivity contribution in [2.24, 2.45) is 5.92 Å². The Morgan fingerprint density at radius 2 is 2.25 bits per heavy atom. The number of carbonyl (C=O) groups is 2. The van der Waals surface area contributed by atoms with Gasteiger partial charge in [0.1, 0.15) is 0 Å². The topological polar surface area (TPSA) is 70.7 Å². The smallest absolute Gasteiger partial charge is 0.317 e. The molecule has 0 spiro atoms. The van der Waals surface area contributed by atoms with Gasteiger partial charge in [-0.15, -0.1) is 0 Å². The summed E-state index contributed by atoms with van der Waals surface area (Å²) in [5, 5.41) is 5.78. The van der Waals surface area contributed by atoms with Gasteiger partial charge < -0.3 is 20.3 Å². The Bertz CT molecular complexity index is 349. The molecule has 0 radical (unpaired) electrons. The highest BCUT2D eigenvalue weighted by Gasteiger charge is 2.38. The lowest BCUT2D eigenvalue weighted by molar-refractivity contribution is -0.126. The monoisotopic (exact) mass is 283 g/mol. The summed E-state index contributed by atoms with van der Waals surface area (Å²) >= 11 is 0. The highest BCUT2D eigenvalue weighted by atomic mass is 16.5. The highest BCUT2D eigenvalue weighted by molar-refractivity contribution is 5.81. The van der Waals surface area contributed by atoms with E-state index in [2.05, 4.69) is 10.6 Å². The quantitative estimate of drug-likeness (QED) is 0.745. The minimum absolute atomic E-state index is 0.0275. The summed E-state index contributed by atoms with van der Waals surface area (Å²) in [7, 11) is 0. The highest BCUT2D eigenvalue weighted by Crippen LogP contribution is 2.30. The lowest BCUT2D eigenvalue weighted by atomic mass is 10.0. The molecule has 1 saturated heterocycles. The maximum absolute atomic E-state index is 12.2. The van der Waals surface area contributed by atoms with Crippen molar-refractivity contribution in [1.82, 2.24) is 15.5 Å². The SMILES string of the molecule is CCNC(=O)N1CCCOCCNC(=O)[C@@H]2CCC[C@@H]21. The summed E-state index contributed by atoms with van der Waals surface area (Å²) in [5.74, 6) is -0.0111. The zero-order valence-corrected chi connectivity index (χ0v) is 12.2. The van der Waals surface area contributed by atoms with Crippen molar-refractivity contribution in [2.75, 3.05) is 32.8 Å². The fourth-order valence-electron chi connectivity index (χ4n) is 3.11. The maximum atomic E-state index is 12.2. The van der Waals surface area contributed by atoms with Crippen molar-refractivity contribution in [3.8, 4) is 0 Å². The summed E-state index contributed by atoms with van der Waals surface area (Å²) in [6, 6.07) is -0.0314. The van der Waals surface area contributed by atoms with Crippen molar-refractivity contribution >= 4 is 11.9 Å². The third-order valence-corrected chi connectivity index (χ3v) is 4.04. The molecule has 2 fully saturated rings. The molecule has 114 valence electrons. The van der Waals surface area contributed by atoms with Crippen LogP contribution in [0.25, 0.3) is 0 Å². The molecule has 2 atom stereocenters. The zero-order valence-electron chi connectivity index (χ0n) is 12.2. The lowest BCUT2D eigenvalue weighted by Crippen LogP contribution is -2.50. The Balaban J connectivity index is 2.12. The Morgan fingerprint density at radius 1 is 1.40 bits per heavy atom. The van der Waals surface area contributed by atoms with Gasteiger partial charge in [-0.3, -0.25) is 4.79 Å². The number of rotatable bonds is 1. The van der Waals surface area contributed by atoms with Crippen LogP contribution in [0.2, 0.25) is 0 Å². The Morgan fingerprint density at radius 3 is 3.05 bits per heavy atom. The van der Waals surface area contributed by atoms with Gasteiger partial charge in [0.15, 0.2) is 0 Å². The number of hydrogen-bond donors (Lipinski definition) is 2. The molecule has 20 heavy (non-hydrogen) atoms. The summed E-state index contributed by atoms with van der Waals surface area (Å²) in [5.41, 5.74) is 0. The Hall–Kier alpha value is -1.30. The summed E-state index contributed by atoms with van der Waals surface area (Å²) in [6.45, 7) is 4.90. The zero-order chi connectivity index (χ0) is 14.4. The number of hydrogen-bond acceptors (Lipinski definition) is 3. The molecule has 1 aliphatic heterocycles. The van der Waals surface area contributed by atoms with Gasteiger partial charge in [0, 0.05) is 32.3 Å². The van der Waals surface area contributed by atoms with Crippen LogP contribution in [-0.4, -0.2) is 55.7 Å². The number of urea groups is 1. The van der Waals surface area contributed by atoms with Crippen molar-refractivity contribution in [3.63, 3.8) is 0 Å². The normalized spacial score (nSPS) is 28.2. The fraction of sp³-hybridized carbons (Fsp3) is 0.857. The van der Waals surface area contributed by atoms with Crippen LogP contribution in [0.4, 0.5) is 4.79 Å². The average molecular weight is 283 g/mol. The molecule has 1 aliphatic carbocycles. The molecule has 3 amide bonds. The minimum atomic E-state index is -0.0734. The van der Waals surface area contributed by atoms with Gasteiger partial charge in [-0.1, -0.05) is 6.42 Å². The van der Waals surface area contributed by atoms with Crippen molar-refractivity contribution in [1.29, 1.82) is 0 Å². The lowest BCUT2D eigenvalue weighted by Gasteiger charge is -2.32. The molecule has 0 aromatic heterocycles. The van der Waals surface area contributed by atoms with Gasteiger partial charge in [0.2, 0.25) is 5.91 Å². The first-order chi connectivity index (χ1) is 9.74. The molecule has 0 bridgehead atoms. The molecule has 0 unspecified atom stereocenters.